The number of nitrogens with two attached hydrogens (primary N) is 1. The Bertz CT molecular complexity index is 553. The zero-order chi connectivity index (χ0) is 13.3. The SMILES string of the molecule is C#C[C@@]1(CO)C[C@@H](Cl)C(n2ccc(N)nc2=O)O1. The van der Waals surface area contributed by atoms with Gasteiger partial charge in [0.1, 0.15) is 5.82 Å². The number of terminal acetylenes is 1. The molecule has 1 saturated heterocycles. The van der Waals surface area contributed by atoms with Crippen LogP contribution in [0.5, 0.6) is 0 Å². The first-order valence-corrected chi connectivity index (χ1v) is 5.70. The molecule has 0 saturated carbocycles. The number of aliphatic hydroxyl groups excluding tert-OH is 1. The van der Waals surface area contributed by atoms with E-state index in [9.17, 15) is 9.90 Å². The fraction of sp³-hybridized carbons (Fsp3) is 0.455. The third-order valence-corrected chi connectivity index (χ3v) is 3.19. The van der Waals surface area contributed by atoms with Crippen molar-refractivity contribution >= 4 is 17.4 Å². The van der Waals surface area contributed by atoms with Gasteiger partial charge in [-0.15, -0.1) is 18.0 Å². The third kappa shape index (κ3) is 2.08. The van der Waals surface area contributed by atoms with Crippen molar-refractivity contribution < 1.29 is 9.84 Å². The van der Waals surface area contributed by atoms with Gasteiger partial charge in [-0.05, 0) is 6.07 Å². The monoisotopic (exact) mass is 269 g/mol. The Morgan fingerprint density at radius 1 is 1.83 bits per heavy atom. The highest BCUT2D eigenvalue weighted by Crippen LogP contribution is 2.38. The van der Waals surface area contributed by atoms with Gasteiger partial charge in [0.2, 0.25) is 0 Å². The summed E-state index contributed by atoms with van der Waals surface area (Å²) in [6.45, 7) is -0.361. The number of nitrogens with zero attached hydrogens (tertiary/aromatic N) is 2. The molecule has 7 heteroatoms. The molecule has 3 N–H and O–H groups in total. The quantitative estimate of drug-likeness (QED) is 0.569. The fourth-order valence-corrected chi connectivity index (χ4v) is 2.28. The summed E-state index contributed by atoms with van der Waals surface area (Å²) in [6, 6.07) is 1.46. The second kappa shape index (κ2) is 4.61. The third-order valence-electron chi connectivity index (χ3n) is 2.82. The van der Waals surface area contributed by atoms with Crippen LogP contribution in [0.2, 0.25) is 0 Å². The molecule has 3 atom stereocenters. The minimum Gasteiger partial charge on any atom is -0.392 e. The molecule has 1 aromatic heterocycles. The normalized spacial score (nSPS) is 31.2. The van der Waals surface area contributed by atoms with Gasteiger partial charge in [-0.2, -0.15) is 4.98 Å². The molecule has 2 rings (SSSR count). The number of ether oxygens (including phenoxy) is 1. The Balaban J connectivity index is 2.36. The molecule has 96 valence electrons. The number of nitrogen functional groups attached to an aromatic ring is 1. The first-order chi connectivity index (χ1) is 8.51. The summed E-state index contributed by atoms with van der Waals surface area (Å²) in [5.41, 5.74) is 3.67. The van der Waals surface area contributed by atoms with E-state index in [0.717, 1.165) is 0 Å². The van der Waals surface area contributed by atoms with Crippen molar-refractivity contribution in [1.29, 1.82) is 0 Å². The largest absolute Gasteiger partial charge is 0.392 e. The van der Waals surface area contributed by atoms with E-state index < -0.39 is 22.9 Å². The molecule has 0 radical (unpaired) electrons. The van der Waals surface area contributed by atoms with Gasteiger partial charge in [0, 0.05) is 12.6 Å². The van der Waals surface area contributed by atoms with Gasteiger partial charge < -0.3 is 15.6 Å². The molecule has 1 aromatic rings. The number of anilines is 1. The van der Waals surface area contributed by atoms with Crippen LogP contribution in [0.25, 0.3) is 0 Å². The molecule has 0 bridgehead atoms. The Morgan fingerprint density at radius 3 is 3.06 bits per heavy atom. The van der Waals surface area contributed by atoms with Gasteiger partial charge in [0.25, 0.3) is 0 Å². The predicted molar refractivity (Wildman–Crippen MR) is 65.9 cm³/mol. The van der Waals surface area contributed by atoms with Gasteiger partial charge in [-0.25, -0.2) is 4.79 Å². The second-order valence-electron chi connectivity index (χ2n) is 4.07. The van der Waals surface area contributed by atoms with Crippen molar-refractivity contribution in [3.63, 3.8) is 0 Å². The van der Waals surface area contributed by atoms with Crippen LogP contribution in [0.1, 0.15) is 12.6 Å². The maximum absolute atomic E-state index is 11.7. The standard InChI is InChI=1S/C11H12ClN3O3/c1-2-11(6-16)5-7(12)9(18-11)15-4-3-8(13)14-10(15)17/h1,3-4,7,9,16H,5-6H2,(H2,13,14,17)/t7-,9?,11+/m1/s1. The predicted octanol–water partition coefficient (Wildman–Crippen LogP) is -0.284. The van der Waals surface area contributed by atoms with Gasteiger partial charge in [0.05, 0.1) is 12.0 Å². The van der Waals surface area contributed by atoms with E-state index in [1.54, 1.807) is 0 Å². The van der Waals surface area contributed by atoms with E-state index in [4.69, 9.17) is 28.5 Å². The first kappa shape index (κ1) is 12.9. The summed E-state index contributed by atoms with van der Waals surface area (Å²) < 4.78 is 6.74. The van der Waals surface area contributed by atoms with Gasteiger partial charge >= 0.3 is 5.69 Å². The highest BCUT2D eigenvalue weighted by Gasteiger charge is 2.45. The number of aliphatic hydroxyl groups is 1. The lowest BCUT2D eigenvalue weighted by Gasteiger charge is -2.21. The van der Waals surface area contributed by atoms with Crippen LogP contribution in [0.15, 0.2) is 17.1 Å². The number of hydrogen-bond acceptors (Lipinski definition) is 5. The molecule has 1 aliphatic rings. The van der Waals surface area contributed by atoms with E-state index in [2.05, 4.69) is 10.9 Å². The average Bonchev–Trinajstić information content (AvgIpc) is 2.67. The molecule has 2 heterocycles. The number of hydrogen-bond donors (Lipinski definition) is 2. The molecule has 1 unspecified atom stereocenters. The van der Waals surface area contributed by atoms with Crippen LogP contribution in [0, 0.1) is 12.3 Å². The molecule has 6 nitrogen and oxygen atoms in total. The average molecular weight is 270 g/mol. The summed E-state index contributed by atoms with van der Waals surface area (Å²) >= 11 is 6.12. The zero-order valence-corrected chi connectivity index (χ0v) is 10.2. The van der Waals surface area contributed by atoms with Crippen LogP contribution in [-0.4, -0.2) is 32.2 Å². The lowest BCUT2D eigenvalue weighted by molar-refractivity contribution is -0.0643. The minimum absolute atomic E-state index is 0.116. The molecule has 0 amide bonds. The van der Waals surface area contributed by atoms with Crippen molar-refractivity contribution in [2.75, 3.05) is 12.3 Å². The Hall–Kier alpha value is -1.55. The van der Waals surface area contributed by atoms with Crippen LogP contribution in [0.4, 0.5) is 5.82 Å². The Morgan fingerprint density at radius 2 is 2.56 bits per heavy atom. The van der Waals surface area contributed by atoms with Gasteiger partial charge in [0.15, 0.2) is 11.8 Å². The topological polar surface area (TPSA) is 90.4 Å². The van der Waals surface area contributed by atoms with Crippen molar-refractivity contribution in [3.8, 4) is 12.3 Å². The highest BCUT2D eigenvalue weighted by atomic mass is 35.5. The van der Waals surface area contributed by atoms with Crippen LogP contribution in [-0.2, 0) is 4.74 Å². The summed E-state index contributed by atoms with van der Waals surface area (Å²) in [6.07, 6.45) is 6.25. The van der Waals surface area contributed by atoms with Crippen molar-refractivity contribution in [2.45, 2.75) is 23.6 Å². The Labute approximate surface area is 108 Å². The van der Waals surface area contributed by atoms with Crippen LogP contribution >= 0.6 is 11.6 Å². The van der Waals surface area contributed by atoms with Crippen molar-refractivity contribution in [2.24, 2.45) is 0 Å². The van der Waals surface area contributed by atoms with Gasteiger partial charge in [-0.3, -0.25) is 4.57 Å². The summed E-state index contributed by atoms with van der Waals surface area (Å²) in [7, 11) is 0. The number of rotatable bonds is 2. The summed E-state index contributed by atoms with van der Waals surface area (Å²) in [4.78, 5) is 15.3. The van der Waals surface area contributed by atoms with E-state index >= 15 is 0 Å². The molecule has 0 aliphatic carbocycles. The molecule has 18 heavy (non-hydrogen) atoms. The van der Waals surface area contributed by atoms with Crippen molar-refractivity contribution in [1.82, 2.24) is 9.55 Å². The smallest absolute Gasteiger partial charge is 0.351 e. The van der Waals surface area contributed by atoms with Crippen molar-refractivity contribution in [3.05, 3.63) is 22.7 Å². The summed E-state index contributed by atoms with van der Waals surface area (Å²) in [5.74, 6) is 2.49. The lowest BCUT2D eigenvalue weighted by Crippen LogP contribution is -2.33. The molecule has 1 aliphatic heterocycles. The number of alkyl halides is 1. The Kier molecular flexibility index (Phi) is 3.30. The fourth-order valence-electron chi connectivity index (χ4n) is 1.86. The van der Waals surface area contributed by atoms with E-state index in [1.165, 1.54) is 16.8 Å². The molecule has 0 aromatic carbocycles. The maximum Gasteiger partial charge on any atom is 0.351 e. The molecule has 1 fully saturated rings. The molecule has 0 spiro atoms. The zero-order valence-electron chi connectivity index (χ0n) is 9.41. The van der Waals surface area contributed by atoms with Crippen LogP contribution < -0.4 is 11.4 Å². The highest BCUT2D eigenvalue weighted by molar-refractivity contribution is 6.21. The summed E-state index contributed by atoms with van der Waals surface area (Å²) in [5, 5.41) is 8.73. The molecular weight excluding hydrogens is 258 g/mol. The second-order valence-corrected chi connectivity index (χ2v) is 4.63. The lowest BCUT2D eigenvalue weighted by atomic mass is 10.0. The van der Waals surface area contributed by atoms with Gasteiger partial charge in [-0.1, -0.05) is 5.92 Å². The van der Waals surface area contributed by atoms with Crippen LogP contribution in [0.3, 0.4) is 0 Å². The maximum atomic E-state index is 11.7. The van der Waals surface area contributed by atoms with E-state index in [-0.39, 0.29) is 18.8 Å². The first-order valence-electron chi connectivity index (χ1n) is 5.26. The van der Waals surface area contributed by atoms with E-state index in [1.807, 2.05) is 0 Å². The number of aromatic nitrogens is 2. The van der Waals surface area contributed by atoms with E-state index in [0.29, 0.717) is 0 Å². The number of halogens is 1. The molecular formula is C11H12ClN3O3. The minimum atomic E-state index is -1.15.